The first-order chi connectivity index (χ1) is 14.7. The van der Waals surface area contributed by atoms with Crippen LogP contribution in [-0.4, -0.2) is 59.6 Å². The molecule has 5 nitrogen and oxygen atoms in total. The minimum atomic E-state index is -1.15. The molecule has 0 saturated carbocycles. The Morgan fingerprint density at radius 1 is 0.733 bits per heavy atom. The Balaban J connectivity index is 1.78. The van der Waals surface area contributed by atoms with Crippen LogP contribution in [0.25, 0.3) is 0 Å². The first kappa shape index (κ1) is 27.6. The molecule has 0 aromatic rings. The van der Waals surface area contributed by atoms with Crippen molar-refractivity contribution in [2.45, 2.75) is 128 Å². The summed E-state index contributed by atoms with van der Waals surface area (Å²) in [4.78, 5) is 0. The Kier molecular flexibility index (Phi) is 17.7. The second kappa shape index (κ2) is 19.2. The van der Waals surface area contributed by atoms with Gasteiger partial charge in [-0.3, -0.25) is 0 Å². The summed E-state index contributed by atoms with van der Waals surface area (Å²) >= 11 is 0. The molecule has 0 unspecified atom stereocenters. The number of aliphatic hydroxyl groups is 3. The van der Waals surface area contributed by atoms with Gasteiger partial charge in [0.05, 0.1) is 13.2 Å². The van der Waals surface area contributed by atoms with Crippen LogP contribution in [0.15, 0.2) is 12.2 Å². The number of unbranched alkanes of at least 4 members (excludes halogenated alkanes) is 13. The van der Waals surface area contributed by atoms with Gasteiger partial charge >= 0.3 is 0 Å². The summed E-state index contributed by atoms with van der Waals surface area (Å²) in [7, 11) is 0. The number of hydrogen-bond acceptors (Lipinski definition) is 5. The largest absolute Gasteiger partial charge is 0.388 e. The SMILES string of the molecule is CCCCCCC/C=C/CCCCCCCCCCOC[C@H]1OC[C@H](O)[C@@H](O)[C@@H]1O. The molecular weight excluding hydrogens is 380 g/mol. The Bertz CT molecular complexity index is 401. The van der Waals surface area contributed by atoms with Crippen LogP contribution in [0.5, 0.6) is 0 Å². The summed E-state index contributed by atoms with van der Waals surface area (Å²) in [6.07, 6.45) is 20.3. The topological polar surface area (TPSA) is 79.2 Å². The Morgan fingerprint density at radius 2 is 1.27 bits per heavy atom. The van der Waals surface area contributed by atoms with E-state index in [1.54, 1.807) is 0 Å². The van der Waals surface area contributed by atoms with Crippen molar-refractivity contribution in [1.29, 1.82) is 0 Å². The highest BCUT2D eigenvalue weighted by molar-refractivity contribution is 4.86. The van der Waals surface area contributed by atoms with Gasteiger partial charge in [-0.25, -0.2) is 0 Å². The van der Waals surface area contributed by atoms with Gasteiger partial charge in [0.2, 0.25) is 0 Å². The smallest absolute Gasteiger partial charge is 0.111 e. The van der Waals surface area contributed by atoms with Crippen molar-refractivity contribution in [3.8, 4) is 0 Å². The second-order valence-electron chi connectivity index (χ2n) is 8.79. The summed E-state index contributed by atoms with van der Waals surface area (Å²) in [5, 5.41) is 28.9. The molecule has 0 radical (unpaired) electrons. The van der Waals surface area contributed by atoms with Crippen molar-refractivity contribution < 1.29 is 24.8 Å². The molecule has 0 amide bonds. The molecule has 1 rings (SSSR count). The van der Waals surface area contributed by atoms with Crippen LogP contribution in [0, 0.1) is 0 Å². The van der Waals surface area contributed by atoms with E-state index in [2.05, 4.69) is 19.1 Å². The Hall–Kier alpha value is -0.460. The summed E-state index contributed by atoms with van der Waals surface area (Å²) in [6, 6.07) is 0. The lowest BCUT2D eigenvalue weighted by molar-refractivity contribution is -0.199. The number of hydrogen-bond donors (Lipinski definition) is 3. The lowest BCUT2D eigenvalue weighted by atomic mass is 10.0. The van der Waals surface area contributed by atoms with Gasteiger partial charge in [-0.15, -0.1) is 0 Å². The predicted octanol–water partition coefficient (Wildman–Crippen LogP) is 4.91. The summed E-state index contributed by atoms with van der Waals surface area (Å²) in [5.74, 6) is 0. The van der Waals surface area contributed by atoms with Gasteiger partial charge in [0.1, 0.15) is 24.4 Å². The minimum Gasteiger partial charge on any atom is -0.388 e. The molecule has 1 aliphatic rings. The van der Waals surface area contributed by atoms with Gasteiger partial charge in [0.15, 0.2) is 0 Å². The van der Waals surface area contributed by atoms with Gasteiger partial charge in [-0.1, -0.05) is 83.3 Å². The summed E-state index contributed by atoms with van der Waals surface area (Å²) < 4.78 is 10.9. The Labute approximate surface area is 184 Å². The average molecular weight is 429 g/mol. The number of aliphatic hydroxyl groups excluding tert-OH is 3. The third-order valence-electron chi connectivity index (χ3n) is 5.94. The molecule has 3 N–H and O–H groups in total. The molecule has 1 fully saturated rings. The van der Waals surface area contributed by atoms with Gasteiger partial charge in [-0.05, 0) is 32.1 Å². The maximum atomic E-state index is 9.84. The molecule has 0 aliphatic carbocycles. The minimum absolute atomic E-state index is 0.0433. The number of ether oxygens (including phenoxy) is 2. The molecule has 4 atom stereocenters. The maximum Gasteiger partial charge on any atom is 0.111 e. The lowest BCUT2D eigenvalue weighted by Crippen LogP contribution is -2.54. The fourth-order valence-corrected chi connectivity index (χ4v) is 3.84. The van der Waals surface area contributed by atoms with E-state index in [9.17, 15) is 15.3 Å². The highest BCUT2D eigenvalue weighted by Gasteiger charge is 2.37. The first-order valence-corrected chi connectivity index (χ1v) is 12.5. The molecule has 0 aromatic carbocycles. The van der Waals surface area contributed by atoms with Crippen molar-refractivity contribution in [2.75, 3.05) is 19.8 Å². The highest BCUT2D eigenvalue weighted by atomic mass is 16.6. The van der Waals surface area contributed by atoms with E-state index < -0.39 is 24.4 Å². The molecule has 1 aliphatic heterocycles. The van der Waals surface area contributed by atoms with Crippen LogP contribution in [-0.2, 0) is 9.47 Å². The van der Waals surface area contributed by atoms with Crippen molar-refractivity contribution in [1.82, 2.24) is 0 Å². The van der Waals surface area contributed by atoms with Crippen LogP contribution in [0.2, 0.25) is 0 Å². The van der Waals surface area contributed by atoms with E-state index in [0.29, 0.717) is 6.61 Å². The molecule has 5 heteroatoms. The average Bonchev–Trinajstić information content (AvgIpc) is 2.75. The normalized spacial score (nSPS) is 24.7. The van der Waals surface area contributed by atoms with E-state index in [1.807, 2.05) is 0 Å². The molecule has 178 valence electrons. The van der Waals surface area contributed by atoms with Crippen molar-refractivity contribution in [3.63, 3.8) is 0 Å². The molecule has 0 spiro atoms. The highest BCUT2D eigenvalue weighted by Crippen LogP contribution is 2.16. The van der Waals surface area contributed by atoms with E-state index >= 15 is 0 Å². The van der Waals surface area contributed by atoms with Crippen LogP contribution in [0.4, 0.5) is 0 Å². The lowest BCUT2D eigenvalue weighted by Gasteiger charge is -2.35. The monoisotopic (exact) mass is 428 g/mol. The third-order valence-corrected chi connectivity index (χ3v) is 5.94. The van der Waals surface area contributed by atoms with Crippen LogP contribution in [0.3, 0.4) is 0 Å². The fourth-order valence-electron chi connectivity index (χ4n) is 3.84. The van der Waals surface area contributed by atoms with Crippen LogP contribution in [0.1, 0.15) is 103 Å². The molecule has 30 heavy (non-hydrogen) atoms. The fraction of sp³-hybridized carbons (Fsp3) is 0.920. The zero-order chi connectivity index (χ0) is 21.9. The molecule has 0 aromatic heterocycles. The summed E-state index contributed by atoms with van der Waals surface area (Å²) in [5.41, 5.74) is 0. The zero-order valence-corrected chi connectivity index (χ0v) is 19.4. The standard InChI is InChI=1S/C25H48O5/c1-2-3-4-5-6-7-8-9-10-11-12-13-14-15-16-17-18-19-29-21-23-25(28)24(27)22(26)20-30-23/h8-9,22-28H,2-7,10-21H2,1H3/b9-8+/t22-,23+,24+,25+/m0/s1. The number of allylic oxidation sites excluding steroid dienone is 2. The molecule has 1 saturated heterocycles. The second-order valence-corrected chi connectivity index (χ2v) is 8.79. The van der Waals surface area contributed by atoms with E-state index in [4.69, 9.17) is 9.47 Å². The molecule has 1 heterocycles. The van der Waals surface area contributed by atoms with Gasteiger partial charge < -0.3 is 24.8 Å². The summed E-state index contributed by atoms with van der Waals surface area (Å²) in [6.45, 7) is 3.22. The maximum absolute atomic E-state index is 9.84. The van der Waals surface area contributed by atoms with Gasteiger partial charge in [0.25, 0.3) is 0 Å². The van der Waals surface area contributed by atoms with Crippen molar-refractivity contribution in [2.24, 2.45) is 0 Å². The van der Waals surface area contributed by atoms with E-state index in [-0.39, 0.29) is 13.2 Å². The zero-order valence-electron chi connectivity index (χ0n) is 19.4. The predicted molar refractivity (Wildman–Crippen MR) is 123 cm³/mol. The Morgan fingerprint density at radius 3 is 1.87 bits per heavy atom. The van der Waals surface area contributed by atoms with E-state index in [1.165, 1.54) is 83.5 Å². The number of rotatable bonds is 19. The quantitative estimate of drug-likeness (QED) is 0.201. The van der Waals surface area contributed by atoms with E-state index in [0.717, 1.165) is 12.8 Å². The van der Waals surface area contributed by atoms with Crippen LogP contribution < -0.4 is 0 Å². The van der Waals surface area contributed by atoms with Crippen LogP contribution >= 0.6 is 0 Å². The van der Waals surface area contributed by atoms with Gasteiger partial charge in [-0.2, -0.15) is 0 Å². The molecule has 0 bridgehead atoms. The van der Waals surface area contributed by atoms with Crippen molar-refractivity contribution in [3.05, 3.63) is 12.2 Å². The third kappa shape index (κ3) is 13.8. The molecular formula is C25H48O5. The van der Waals surface area contributed by atoms with Gasteiger partial charge in [0, 0.05) is 6.61 Å². The van der Waals surface area contributed by atoms with Crippen molar-refractivity contribution >= 4 is 0 Å². The first-order valence-electron chi connectivity index (χ1n) is 12.5.